The summed E-state index contributed by atoms with van der Waals surface area (Å²) in [5.41, 5.74) is 0. The maximum absolute atomic E-state index is 11.0. The first kappa shape index (κ1) is 7.06. The van der Waals surface area contributed by atoms with E-state index in [1.165, 1.54) is 0 Å². The van der Waals surface area contributed by atoms with Gasteiger partial charge in [-0.3, -0.25) is 9.69 Å². The van der Waals surface area contributed by atoms with Gasteiger partial charge in [0, 0.05) is 13.1 Å². The normalized spacial score (nSPS) is 43.4. The van der Waals surface area contributed by atoms with Crippen molar-refractivity contribution in [3.8, 4) is 0 Å². The molecule has 0 saturated carbocycles. The fourth-order valence-corrected chi connectivity index (χ4v) is 1.76. The molecular formula is C7H12N2O2. The van der Waals surface area contributed by atoms with Crippen LogP contribution in [0.3, 0.4) is 0 Å². The van der Waals surface area contributed by atoms with E-state index in [4.69, 9.17) is 0 Å². The first-order chi connectivity index (χ1) is 5.25. The van der Waals surface area contributed by atoms with E-state index in [1.54, 1.807) is 0 Å². The fourth-order valence-electron chi connectivity index (χ4n) is 1.76. The molecule has 62 valence electrons. The van der Waals surface area contributed by atoms with Crippen LogP contribution in [0, 0.1) is 0 Å². The second-order valence-electron chi connectivity index (χ2n) is 3.27. The quantitative estimate of drug-likeness (QED) is 0.451. The molecule has 0 aliphatic carbocycles. The Hall–Kier alpha value is -0.610. The number of hydrogen-bond acceptors (Lipinski definition) is 3. The third-order valence-electron chi connectivity index (χ3n) is 2.38. The number of carbonyl (C=O) groups excluding carboxylic acids is 1. The molecule has 3 aliphatic heterocycles. The lowest BCUT2D eigenvalue weighted by atomic mass is 10.0. The third-order valence-corrected chi connectivity index (χ3v) is 2.38. The van der Waals surface area contributed by atoms with Crippen molar-refractivity contribution < 1.29 is 9.90 Å². The Morgan fingerprint density at radius 3 is 3.18 bits per heavy atom. The molecule has 0 aromatic carbocycles. The van der Waals surface area contributed by atoms with E-state index >= 15 is 0 Å². The summed E-state index contributed by atoms with van der Waals surface area (Å²) in [5, 5.41) is 12.2. The molecule has 3 atom stereocenters. The molecule has 11 heavy (non-hydrogen) atoms. The molecule has 0 aromatic heterocycles. The van der Waals surface area contributed by atoms with Crippen LogP contribution in [0.25, 0.3) is 0 Å². The smallest absolute Gasteiger partial charge is 0.234 e. The molecule has 1 amide bonds. The number of piperidine rings is 1. The number of amides is 1. The summed E-state index contributed by atoms with van der Waals surface area (Å²) in [5.74, 6) is 0.0454. The molecule has 0 radical (unpaired) electrons. The lowest BCUT2D eigenvalue weighted by Gasteiger charge is -2.30. The van der Waals surface area contributed by atoms with Crippen LogP contribution in [0.1, 0.15) is 6.42 Å². The highest BCUT2D eigenvalue weighted by atomic mass is 16.3. The minimum absolute atomic E-state index is 0.00116. The summed E-state index contributed by atoms with van der Waals surface area (Å²) in [6, 6.07) is 0.00116. The van der Waals surface area contributed by atoms with Crippen LogP contribution in [-0.2, 0) is 4.79 Å². The number of carbonyl (C=O) groups is 1. The number of fused-ring (bicyclic) bond motifs is 4. The molecule has 3 saturated heterocycles. The van der Waals surface area contributed by atoms with Crippen molar-refractivity contribution in [2.24, 2.45) is 0 Å². The van der Waals surface area contributed by atoms with Gasteiger partial charge in [-0.2, -0.15) is 0 Å². The predicted octanol–water partition coefficient (Wildman–Crippen LogP) is -1.45. The molecule has 0 spiro atoms. The van der Waals surface area contributed by atoms with Crippen molar-refractivity contribution in [2.75, 3.05) is 19.6 Å². The summed E-state index contributed by atoms with van der Waals surface area (Å²) >= 11 is 0. The summed E-state index contributed by atoms with van der Waals surface area (Å²) in [6.45, 7) is 2.03. The zero-order chi connectivity index (χ0) is 7.84. The van der Waals surface area contributed by atoms with Crippen molar-refractivity contribution in [1.29, 1.82) is 0 Å². The fraction of sp³-hybridized carbons (Fsp3) is 0.857. The van der Waals surface area contributed by atoms with Gasteiger partial charge in [0.25, 0.3) is 0 Å². The van der Waals surface area contributed by atoms with Crippen molar-refractivity contribution in [2.45, 2.75) is 18.6 Å². The van der Waals surface area contributed by atoms with Crippen LogP contribution in [0.15, 0.2) is 0 Å². The summed E-state index contributed by atoms with van der Waals surface area (Å²) in [4.78, 5) is 13.0. The lowest BCUT2D eigenvalue weighted by molar-refractivity contribution is -0.121. The van der Waals surface area contributed by atoms with E-state index in [9.17, 15) is 9.90 Å². The van der Waals surface area contributed by atoms with E-state index in [0.29, 0.717) is 13.1 Å². The molecule has 3 unspecified atom stereocenters. The number of hydrogen-bond donors (Lipinski definition) is 2. The highest BCUT2D eigenvalue weighted by Gasteiger charge is 2.33. The Morgan fingerprint density at radius 1 is 1.64 bits per heavy atom. The van der Waals surface area contributed by atoms with Crippen LogP contribution in [0.5, 0.6) is 0 Å². The van der Waals surface area contributed by atoms with E-state index in [-0.39, 0.29) is 18.1 Å². The summed E-state index contributed by atoms with van der Waals surface area (Å²) in [7, 11) is 0. The minimum atomic E-state index is -0.366. The van der Waals surface area contributed by atoms with Crippen LogP contribution in [0.4, 0.5) is 0 Å². The largest absolute Gasteiger partial charge is 0.390 e. The molecule has 2 bridgehead atoms. The molecule has 0 aromatic rings. The summed E-state index contributed by atoms with van der Waals surface area (Å²) < 4.78 is 0. The average molecular weight is 156 g/mol. The molecule has 3 fully saturated rings. The van der Waals surface area contributed by atoms with E-state index in [1.807, 2.05) is 4.90 Å². The van der Waals surface area contributed by atoms with Crippen molar-refractivity contribution in [3.63, 3.8) is 0 Å². The topological polar surface area (TPSA) is 52.6 Å². The Labute approximate surface area is 65.2 Å². The SMILES string of the molecule is O=C1CN2CCC(N1)C(O)C2. The minimum Gasteiger partial charge on any atom is -0.390 e. The molecule has 3 aliphatic rings. The molecule has 4 heteroatoms. The number of nitrogens with one attached hydrogen (secondary N) is 1. The van der Waals surface area contributed by atoms with E-state index in [0.717, 1.165) is 13.0 Å². The van der Waals surface area contributed by atoms with Gasteiger partial charge in [0.2, 0.25) is 5.91 Å². The van der Waals surface area contributed by atoms with Gasteiger partial charge in [0.15, 0.2) is 0 Å². The van der Waals surface area contributed by atoms with E-state index in [2.05, 4.69) is 5.32 Å². The zero-order valence-corrected chi connectivity index (χ0v) is 6.29. The van der Waals surface area contributed by atoms with Crippen LogP contribution >= 0.6 is 0 Å². The molecule has 3 heterocycles. The first-order valence-corrected chi connectivity index (χ1v) is 3.95. The Morgan fingerprint density at radius 2 is 2.45 bits per heavy atom. The molecular weight excluding hydrogens is 144 g/mol. The second-order valence-corrected chi connectivity index (χ2v) is 3.27. The maximum atomic E-state index is 11.0. The van der Waals surface area contributed by atoms with Crippen LogP contribution < -0.4 is 5.32 Å². The number of aliphatic hydroxyl groups excluding tert-OH is 1. The first-order valence-electron chi connectivity index (χ1n) is 3.95. The van der Waals surface area contributed by atoms with Gasteiger partial charge >= 0.3 is 0 Å². The highest BCUT2D eigenvalue weighted by Crippen LogP contribution is 2.13. The monoisotopic (exact) mass is 156 g/mol. The van der Waals surface area contributed by atoms with Gasteiger partial charge in [-0.25, -0.2) is 0 Å². The number of nitrogens with zero attached hydrogens (tertiary/aromatic N) is 1. The Bertz CT molecular complexity index is 183. The second kappa shape index (κ2) is 2.46. The molecule has 2 N–H and O–H groups in total. The van der Waals surface area contributed by atoms with Crippen molar-refractivity contribution in [3.05, 3.63) is 0 Å². The van der Waals surface area contributed by atoms with Gasteiger partial charge in [-0.15, -0.1) is 0 Å². The van der Waals surface area contributed by atoms with Gasteiger partial charge < -0.3 is 10.4 Å². The predicted molar refractivity (Wildman–Crippen MR) is 39.0 cm³/mol. The average Bonchev–Trinajstić information content (AvgIpc) is 2.16. The standard InChI is InChI=1S/C7H12N2O2/c10-6-3-9-2-1-5(6)8-7(11)4-9/h5-6,10H,1-4H2,(H,8,11). The van der Waals surface area contributed by atoms with Crippen LogP contribution in [0.2, 0.25) is 0 Å². The van der Waals surface area contributed by atoms with Crippen LogP contribution in [-0.4, -0.2) is 47.7 Å². The molecule has 4 nitrogen and oxygen atoms in total. The van der Waals surface area contributed by atoms with Gasteiger partial charge in [-0.1, -0.05) is 0 Å². The van der Waals surface area contributed by atoms with Gasteiger partial charge in [-0.05, 0) is 6.42 Å². The van der Waals surface area contributed by atoms with Crippen molar-refractivity contribution >= 4 is 5.91 Å². The third kappa shape index (κ3) is 1.23. The number of rotatable bonds is 0. The lowest BCUT2D eigenvalue weighted by Crippen LogP contribution is -2.47. The van der Waals surface area contributed by atoms with Crippen molar-refractivity contribution in [1.82, 2.24) is 10.2 Å². The Balaban J connectivity index is 2.16. The Kier molecular flexibility index (Phi) is 1.58. The van der Waals surface area contributed by atoms with Gasteiger partial charge in [0.1, 0.15) is 0 Å². The maximum Gasteiger partial charge on any atom is 0.234 e. The number of aliphatic hydroxyl groups is 1. The molecule has 3 rings (SSSR count). The van der Waals surface area contributed by atoms with E-state index < -0.39 is 0 Å². The summed E-state index contributed by atoms with van der Waals surface area (Å²) in [6.07, 6.45) is 0.516. The van der Waals surface area contributed by atoms with Gasteiger partial charge in [0.05, 0.1) is 18.7 Å². The zero-order valence-electron chi connectivity index (χ0n) is 6.29. The highest BCUT2D eigenvalue weighted by molar-refractivity contribution is 5.79.